The monoisotopic (exact) mass is 279 g/mol. The lowest BCUT2D eigenvalue weighted by Gasteiger charge is -2.17. The van der Waals surface area contributed by atoms with Crippen LogP contribution in [0.25, 0.3) is 0 Å². The first-order chi connectivity index (χ1) is 9.63. The molecule has 112 valence electrons. The summed E-state index contributed by atoms with van der Waals surface area (Å²) < 4.78 is 5.00. The molecule has 3 N–H and O–H groups in total. The van der Waals surface area contributed by atoms with Gasteiger partial charge in [-0.15, -0.1) is 0 Å². The zero-order chi connectivity index (χ0) is 14.8. The molecule has 1 amide bonds. The fourth-order valence-electron chi connectivity index (χ4n) is 1.82. The van der Waals surface area contributed by atoms with Crippen molar-refractivity contribution in [3.05, 3.63) is 35.9 Å². The Morgan fingerprint density at radius 1 is 1.35 bits per heavy atom. The average molecular weight is 279 g/mol. The SMILES string of the molecule is COCCN(C)CCNC(=O)C(N)Cc1ccccc1. The lowest BCUT2D eigenvalue weighted by molar-refractivity contribution is -0.122. The van der Waals surface area contributed by atoms with Crippen LogP contribution in [-0.4, -0.2) is 57.2 Å². The third kappa shape index (κ3) is 6.65. The molecular formula is C15H25N3O2. The van der Waals surface area contributed by atoms with Gasteiger partial charge in [-0.3, -0.25) is 4.79 Å². The molecule has 0 aromatic heterocycles. The fraction of sp³-hybridized carbons (Fsp3) is 0.533. The molecule has 1 atom stereocenters. The van der Waals surface area contributed by atoms with Gasteiger partial charge in [-0.1, -0.05) is 30.3 Å². The van der Waals surface area contributed by atoms with Crippen LogP contribution in [0.2, 0.25) is 0 Å². The smallest absolute Gasteiger partial charge is 0.237 e. The van der Waals surface area contributed by atoms with E-state index in [4.69, 9.17) is 10.5 Å². The summed E-state index contributed by atoms with van der Waals surface area (Å²) in [5, 5.41) is 2.86. The van der Waals surface area contributed by atoms with Gasteiger partial charge in [0, 0.05) is 26.7 Å². The summed E-state index contributed by atoms with van der Waals surface area (Å²) in [4.78, 5) is 14.0. The van der Waals surface area contributed by atoms with Crippen LogP contribution < -0.4 is 11.1 Å². The van der Waals surface area contributed by atoms with E-state index in [9.17, 15) is 4.79 Å². The molecular weight excluding hydrogens is 254 g/mol. The van der Waals surface area contributed by atoms with E-state index >= 15 is 0 Å². The third-order valence-corrected chi connectivity index (χ3v) is 3.11. The number of ether oxygens (including phenoxy) is 1. The zero-order valence-corrected chi connectivity index (χ0v) is 12.3. The molecule has 0 spiro atoms. The van der Waals surface area contributed by atoms with E-state index in [0.29, 0.717) is 19.6 Å². The Labute approximate surface area is 121 Å². The molecule has 1 aromatic rings. The van der Waals surface area contributed by atoms with Crippen molar-refractivity contribution in [3.63, 3.8) is 0 Å². The number of benzene rings is 1. The second-order valence-electron chi connectivity index (χ2n) is 4.88. The van der Waals surface area contributed by atoms with Crippen molar-refractivity contribution < 1.29 is 9.53 Å². The summed E-state index contributed by atoms with van der Waals surface area (Å²) in [7, 11) is 3.67. The predicted octanol–water partition coefficient (Wildman–Crippen LogP) is 0.251. The van der Waals surface area contributed by atoms with Gasteiger partial charge in [-0.05, 0) is 19.0 Å². The number of nitrogens with one attached hydrogen (secondary N) is 1. The molecule has 0 aliphatic rings. The van der Waals surface area contributed by atoms with Gasteiger partial charge in [-0.2, -0.15) is 0 Å². The Hall–Kier alpha value is -1.43. The molecule has 0 bridgehead atoms. The predicted molar refractivity (Wildman–Crippen MR) is 80.5 cm³/mol. The number of carbonyl (C=O) groups excluding carboxylic acids is 1. The summed E-state index contributed by atoms with van der Waals surface area (Å²) in [6, 6.07) is 9.30. The highest BCUT2D eigenvalue weighted by atomic mass is 16.5. The van der Waals surface area contributed by atoms with Gasteiger partial charge < -0.3 is 20.7 Å². The molecule has 0 saturated heterocycles. The van der Waals surface area contributed by atoms with E-state index in [0.717, 1.165) is 18.7 Å². The standard InChI is InChI=1S/C15H25N3O2/c1-18(10-11-20-2)9-8-17-15(19)14(16)12-13-6-4-3-5-7-13/h3-7,14H,8-12,16H2,1-2H3,(H,17,19). The van der Waals surface area contributed by atoms with Gasteiger partial charge in [-0.25, -0.2) is 0 Å². The molecule has 0 saturated carbocycles. The maximum atomic E-state index is 11.9. The average Bonchev–Trinajstić information content (AvgIpc) is 2.46. The van der Waals surface area contributed by atoms with Crippen molar-refractivity contribution in [1.29, 1.82) is 0 Å². The van der Waals surface area contributed by atoms with Gasteiger partial charge in [0.25, 0.3) is 0 Å². The number of nitrogens with zero attached hydrogens (tertiary/aromatic N) is 1. The minimum atomic E-state index is -0.498. The summed E-state index contributed by atoms with van der Waals surface area (Å²) in [6.45, 7) is 2.93. The van der Waals surface area contributed by atoms with Gasteiger partial charge >= 0.3 is 0 Å². The number of rotatable bonds is 9. The van der Waals surface area contributed by atoms with E-state index < -0.39 is 6.04 Å². The van der Waals surface area contributed by atoms with Crippen molar-refractivity contribution in [2.45, 2.75) is 12.5 Å². The summed E-state index contributed by atoms with van der Waals surface area (Å²) in [5.74, 6) is -0.103. The maximum absolute atomic E-state index is 11.9. The minimum absolute atomic E-state index is 0.103. The normalized spacial score (nSPS) is 12.4. The molecule has 1 rings (SSSR count). The van der Waals surface area contributed by atoms with Crippen LogP contribution in [0.5, 0.6) is 0 Å². The fourth-order valence-corrected chi connectivity index (χ4v) is 1.82. The number of likely N-dealkylation sites (N-methyl/N-ethyl adjacent to an activating group) is 1. The highest BCUT2D eigenvalue weighted by Crippen LogP contribution is 2.01. The molecule has 0 aliphatic carbocycles. The van der Waals surface area contributed by atoms with Crippen LogP contribution in [-0.2, 0) is 16.0 Å². The zero-order valence-electron chi connectivity index (χ0n) is 12.3. The largest absolute Gasteiger partial charge is 0.383 e. The lowest BCUT2D eigenvalue weighted by Crippen LogP contribution is -2.44. The third-order valence-electron chi connectivity index (χ3n) is 3.11. The van der Waals surface area contributed by atoms with Crippen LogP contribution in [0, 0.1) is 0 Å². The molecule has 0 aliphatic heterocycles. The molecule has 5 heteroatoms. The number of methoxy groups -OCH3 is 1. The lowest BCUT2D eigenvalue weighted by atomic mass is 10.1. The van der Waals surface area contributed by atoms with Crippen LogP contribution in [0.4, 0.5) is 0 Å². The van der Waals surface area contributed by atoms with Gasteiger partial charge in [0.05, 0.1) is 12.6 Å². The number of amides is 1. The van der Waals surface area contributed by atoms with E-state index in [1.807, 2.05) is 37.4 Å². The quantitative estimate of drug-likeness (QED) is 0.680. The van der Waals surface area contributed by atoms with Crippen LogP contribution in [0.3, 0.4) is 0 Å². The topological polar surface area (TPSA) is 67.6 Å². The second kappa shape index (κ2) is 9.47. The maximum Gasteiger partial charge on any atom is 0.237 e. The highest BCUT2D eigenvalue weighted by Gasteiger charge is 2.13. The Morgan fingerprint density at radius 2 is 2.05 bits per heavy atom. The molecule has 0 radical (unpaired) electrons. The summed E-state index contributed by atoms with van der Waals surface area (Å²) in [5.41, 5.74) is 6.98. The van der Waals surface area contributed by atoms with E-state index in [1.54, 1.807) is 7.11 Å². The number of carbonyl (C=O) groups is 1. The Kier molecular flexibility index (Phi) is 7.87. The van der Waals surface area contributed by atoms with E-state index in [1.165, 1.54) is 0 Å². The van der Waals surface area contributed by atoms with Crippen LogP contribution in [0.15, 0.2) is 30.3 Å². The van der Waals surface area contributed by atoms with Crippen LogP contribution in [0.1, 0.15) is 5.56 Å². The first-order valence-electron chi connectivity index (χ1n) is 6.88. The number of hydrogen-bond donors (Lipinski definition) is 2. The van der Waals surface area contributed by atoms with Crippen molar-refractivity contribution in [2.75, 3.05) is 40.4 Å². The summed E-state index contributed by atoms with van der Waals surface area (Å²) >= 11 is 0. The molecule has 5 nitrogen and oxygen atoms in total. The molecule has 1 aromatic carbocycles. The minimum Gasteiger partial charge on any atom is -0.383 e. The van der Waals surface area contributed by atoms with Gasteiger partial charge in [0.15, 0.2) is 0 Å². The van der Waals surface area contributed by atoms with E-state index in [2.05, 4.69) is 10.2 Å². The first-order valence-corrected chi connectivity index (χ1v) is 6.88. The molecule has 0 fully saturated rings. The first kappa shape index (κ1) is 16.6. The molecule has 20 heavy (non-hydrogen) atoms. The number of nitrogens with two attached hydrogens (primary N) is 1. The summed E-state index contributed by atoms with van der Waals surface area (Å²) in [6.07, 6.45) is 0.562. The molecule has 1 unspecified atom stereocenters. The Bertz CT molecular complexity index is 384. The van der Waals surface area contributed by atoms with Crippen molar-refractivity contribution in [3.8, 4) is 0 Å². The van der Waals surface area contributed by atoms with Gasteiger partial charge in [0.2, 0.25) is 5.91 Å². The Balaban J connectivity index is 2.22. The number of hydrogen-bond acceptors (Lipinski definition) is 4. The Morgan fingerprint density at radius 3 is 2.70 bits per heavy atom. The van der Waals surface area contributed by atoms with Gasteiger partial charge in [0.1, 0.15) is 0 Å². The van der Waals surface area contributed by atoms with Crippen molar-refractivity contribution in [1.82, 2.24) is 10.2 Å². The highest BCUT2D eigenvalue weighted by molar-refractivity contribution is 5.81. The molecule has 0 heterocycles. The van der Waals surface area contributed by atoms with Crippen molar-refractivity contribution >= 4 is 5.91 Å². The second-order valence-corrected chi connectivity index (χ2v) is 4.88. The van der Waals surface area contributed by atoms with Crippen LogP contribution >= 0.6 is 0 Å². The van der Waals surface area contributed by atoms with Crippen molar-refractivity contribution in [2.24, 2.45) is 5.73 Å². The van der Waals surface area contributed by atoms with E-state index in [-0.39, 0.29) is 5.91 Å².